The maximum atomic E-state index is 12.0. The van der Waals surface area contributed by atoms with E-state index in [2.05, 4.69) is 31.2 Å². The Labute approximate surface area is 189 Å². The van der Waals surface area contributed by atoms with Gasteiger partial charge in [0.15, 0.2) is 6.10 Å². The second-order valence-corrected chi connectivity index (χ2v) is 9.32. The first-order valence-corrected chi connectivity index (χ1v) is 11.8. The minimum Gasteiger partial charge on any atom is -0.481 e. The Bertz CT molecular complexity index is 537. The van der Waals surface area contributed by atoms with E-state index in [0.717, 1.165) is 64.2 Å². The van der Waals surface area contributed by atoms with Gasteiger partial charge in [0.2, 0.25) is 0 Å². The van der Waals surface area contributed by atoms with Gasteiger partial charge in [-0.1, -0.05) is 63.3 Å². The maximum Gasteiger partial charge on any atom is 0.307 e. The number of esters is 1. The summed E-state index contributed by atoms with van der Waals surface area (Å²) >= 11 is 0. The minimum absolute atomic E-state index is 0.154. The molecule has 2 unspecified atom stereocenters. The fourth-order valence-electron chi connectivity index (χ4n) is 3.36. The van der Waals surface area contributed by atoms with Gasteiger partial charge < -0.3 is 19.4 Å². The van der Waals surface area contributed by atoms with Crippen molar-refractivity contribution in [3.8, 4) is 0 Å². The molecule has 0 rings (SSSR count). The predicted octanol–water partition coefficient (Wildman–Crippen LogP) is 4.86. The average Bonchev–Trinajstić information content (AvgIpc) is 2.64. The SMILES string of the molecule is CC/C=C/C/C=C/CC(O)CCCCCCCCC(=O)OC(CC(=O)O)C[N+](C)(C)C. The molecular formula is C25H46NO5+. The molecular weight excluding hydrogens is 394 g/mol. The number of hydrogen-bond donors (Lipinski definition) is 2. The van der Waals surface area contributed by atoms with Crippen LogP contribution in [0.2, 0.25) is 0 Å². The number of aliphatic hydroxyl groups excluding tert-OH is 1. The molecule has 0 spiro atoms. The molecule has 6 heteroatoms. The second kappa shape index (κ2) is 18.0. The number of aliphatic carboxylic acids is 1. The monoisotopic (exact) mass is 440 g/mol. The summed E-state index contributed by atoms with van der Waals surface area (Å²) in [7, 11) is 5.85. The van der Waals surface area contributed by atoms with Crippen molar-refractivity contribution >= 4 is 11.9 Å². The highest BCUT2D eigenvalue weighted by atomic mass is 16.5. The lowest BCUT2D eigenvalue weighted by atomic mass is 10.0. The van der Waals surface area contributed by atoms with Crippen LogP contribution in [-0.2, 0) is 14.3 Å². The van der Waals surface area contributed by atoms with E-state index in [4.69, 9.17) is 9.84 Å². The first kappa shape index (κ1) is 29.3. The van der Waals surface area contributed by atoms with Crippen LogP contribution >= 0.6 is 0 Å². The largest absolute Gasteiger partial charge is 0.481 e. The number of rotatable bonds is 19. The van der Waals surface area contributed by atoms with Crippen LogP contribution in [0.15, 0.2) is 24.3 Å². The van der Waals surface area contributed by atoms with E-state index in [1.807, 2.05) is 21.1 Å². The fraction of sp³-hybridized carbons (Fsp3) is 0.760. The van der Waals surface area contributed by atoms with E-state index in [1.165, 1.54) is 0 Å². The normalized spacial score (nSPS) is 14.2. The maximum absolute atomic E-state index is 12.0. The van der Waals surface area contributed by atoms with Crippen molar-refractivity contribution in [1.82, 2.24) is 0 Å². The van der Waals surface area contributed by atoms with Crippen molar-refractivity contribution in [2.45, 2.75) is 96.2 Å². The molecule has 0 fully saturated rings. The molecule has 0 bridgehead atoms. The van der Waals surface area contributed by atoms with Crippen LogP contribution in [0, 0.1) is 0 Å². The van der Waals surface area contributed by atoms with Crippen LogP contribution < -0.4 is 0 Å². The van der Waals surface area contributed by atoms with Crippen LogP contribution in [0.3, 0.4) is 0 Å². The Morgan fingerprint density at radius 1 is 0.935 bits per heavy atom. The van der Waals surface area contributed by atoms with Crippen LogP contribution in [0.25, 0.3) is 0 Å². The van der Waals surface area contributed by atoms with E-state index in [-0.39, 0.29) is 18.5 Å². The molecule has 180 valence electrons. The van der Waals surface area contributed by atoms with Gasteiger partial charge in [-0.3, -0.25) is 9.59 Å². The third-order valence-electron chi connectivity index (χ3n) is 4.87. The first-order chi connectivity index (χ1) is 14.6. The van der Waals surface area contributed by atoms with Crippen molar-refractivity contribution in [3.63, 3.8) is 0 Å². The molecule has 0 aromatic rings. The third kappa shape index (κ3) is 21.4. The number of carbonyl (C=O) groups is 2. The molecule has 6 nitrogen and oxygen atoms in total. The lowest BCUT2D eigenvalue weighted by Crippen LogP contribution is -2.43. The Hall–Kier alpha value is -1.66. The first-order valence-electron chi connectivity index (χ1n) is 11.8. The molecule has 0 amide bonds. The van der Waals surface area contributed by atoms with E-state index in [0.29, 0.717) is 17.4 Å². The molecule has 0 aliphatic carbocycles. The van der Waals surface area contributed by atoms with Crippen LogP contribution in [0.4, 0.5) is 0 Å². The van der Waals surface area contributed by atoms with Gasteiger partial charge in [0.05, 0.1) is 33.7 Å². The number of carboxylic acid groups (broad SMARTS) is 1. The summed E-state index contributed by atoms with van der Waals surface area (Å²) in [6.45, 7) is 2.60. The lowest BCUT2D eigenvalue weighted by Gasteiger charge is -2.28. The number of nitrogens with zero attached hydrogens (tertiary/aromatic N) is 1. The summed E-state index contributed by atoms with van der Waals surface area (Å²) in [4.78, 5) is 23.0. The van der Waals surface area contributed by atoms with Crippen molar-refractivity contribution in [2.24, 2.45) is 0 Å². The number of aliphatic hydroxyl groups is 1. The number of quaternary nitrogens is 1. The summed E-state index contributed by atoms with van der Waals surface area (Å²) in [5.41, 5.74) is 0. The quantitative estimate of drug-likeness (QED) is 0.130. The van der Waals surface area contributed by atoms with E-state index in [9.17, 15) is 14.7 Å². The number of carbonyl (C=O) groups excluding carboxylic acids is 1. The number of carboxylic acids is 1. The number of allylic oxidation sites excluding steroid dienone is 3. The molecule has 2 atom stereocenters. The summed E-state index contributed by atoms with van der Waals surface area (Å²) in [6, 6.07) is 0. The van der Waals surface area contributed by atoms with Crippen molar-refractivity contribution < 1.29 is 29.0 Å². The highest BCUT2D eigenvalue weighted by Crippen LogP contribution is 2.13. The highest BCUT2D eigenvalue weighted by Gasteiger charge is 2.24. The van der Waals surface area contributed by atoms with Crippen molar-refractivity contribution in [1.29, 1.82) is 0 Å². The lowest BCUT2D eigenvalue weighted by molar-refractivity contribution is -0.873. The predicted molar refractivity (Wildman–Crippen MR) is 126 cm³/mol. The summed E-state index contributed by atoms with van der Waals surface area (Å²) in [5, 5.41) is 19.0. The number of ether oxygens (including phenoxy) is 1. The highest BCUT2D eigenvalue weighted by molar-refractivity contribution is 5.71. The molecule has 0 aromatic carbocycles. The van der Waals surface area contributed by atoms with E-state index in [1.54, 1.807) is 0 Å². The summed E-state index contributed by atoms with van der Waals surface area (Å²) in [6.07, 6.45) is 17.3. The van der Waals surface area contributed by atoms with Crippen molar-refractivity contribution in [3.05, 3.63) is 24.3 Å². The van der Waals surface area contributed by atoms with Crippen molar-refractivity contribution in [2.75, 3.05) is 27.7 Å². The molecule has 0 aromatic heterocycles. The van der Waals surface area contributed by atoms with Crippen LogP contribution in [-0.4, -0.2) is 66.5 Å². The zero-order valence-corrected chi connectivity index (χ0v) is 20.2. The topological polar surface area (TPSA) is 83.8 Å². The van der Waals surface area contributed by atoms with E-state index >= 15 is 0 Å². The molecule has 2 N–H and O–H groups in total. The van der Waals surface area contributed by atoms with Gasteiger partial charge in [0.25, 0.3) is 0 Å². The standard InChI is InChI=1S/C25H45NO5/c1-5-6-7-8-11-14-17-22(27)18-15-12-9-10-13-16-19-25(30)31-23(20-24(28)29)21-26(2,3)4/h6-7,11,14,22-23,27H,5,8-10,12-13,15-21H2,1-4H3/p+1/b7-6+,14-11+. The molecule has 0 aliphatic heterocycles. The van der Waals surface area contributed by atoms with Crippen LogP contribution in [0.5, 0.6) is 0 Å². The smallest absolute Gasteiger partial charge is 0.307 e. The Balaban J connectivity index is 3.77. The van der Waals surface area contributed by atoms with Gasteiger partial charge in [0.1, 0.15) is 6.54 Å². The van der Waals surface area contributed by atoms with Gasteiger partial charge in [-0.25, -0.2) is 0 Å². The number of hydrogen-bond acceptors (Lipinski definition) is 4. The molecule has 0 aliphatic rings. The van der Waals surface area contributed by atoms with Gasteiger partial charge in [-0.15, -0.1) is 0 Å². The van der Waals surface area contributed by atoms with Gasteiger partial charge in [-0.05, 0) is 32.1 Å². The van der Waals surface area contributed by atoms with Gasteiger partial charge >= 0.3 is 11.9 Å². The summed E-state index contributed by atoms with van der Waals surface area (Å²) in [5.74, 6) is -1.25. The Morgan fingerprint density at radius 2 is 1.55 bits per heavy atom. The third-order valence-corrected chi connectivity index (χ3v) is 4.87. The van der Waals surface area contributed by atoms with E-state index < -0.39 is 12.1 Å². The second-order valence-electron chi connectivity index (χ2n) is 9.32. The number of unbranched alkanes of at least 4 members (excludes halogenated alkanes) is 5. The Morgan fingerprint density at radius 3 is 2.16 bits per heavy atom. The zero-order chi connectivity index (χ0) is 23.5. The molecule has 0 radical (unpaired) electrons. The Kier molecular flexibility index (Phi) is 17.0. The molecule has 0 heterocycles. The molecule has 31 heavy (non-hydrogen) atoms. The number of likely N-dealkylation sites (N-methyl/N-ethyl adjacent to an activating group) is 1. The van der Waals surface area contributed by atoms with Crippen LogP contribution in [0.1, 0.15) is 84.0 Å². The zero-order valence-electron chi connectivity index (χ0n) is 20.2. The fourth-order valence-corrected chi connectivity index (χ4v) is 3.36. The summed E-state index contributed by atoms with van der Waals surface area (Å²) < 4.78 is 5.94. The molecule has 0 saturated carbocycles. The average molecular weight is 441 g/mol. The van der Waals surface area contributed by atoms with Gasteiger partial charge in [-0.2, -0.15) is 0 Å². The minimum atomic E-state index is -0.948. The molecule has 0 saturated heterocycles. The van der Waals surface area contributed by atoms with Gasteiger partial charge in [0, 0.05) is 6.42 Å².